The first kappa shape index (κ1) is 22.2. The maximum atomic E-state index is 9.53. The number of halogens is 1. The summed E-state index contributed by atoms with van der Waals surface area (Å²) in [7, 11) is 0. The molecule has 31 heavy (non-hydrogen) atoms. The number of nitrogens with zero attached hydrogens (tertiary/aromatic N) is 4. The first-order valence-electron chi connectivity index (χ1n) is 10.2. The van der Waals surface area contributed by atoms with Crippen molar-refractivity contribution in [2.24, 2.45) is 4.99 Å². The van der Waals surface area contributed by atoms with Gasteiger partial charge in [0.1, 0.15) is 17.5 Å². The Morgan fingerprint density at radius 2 is 2.00 bits per heavy atom. The Kier molecular flexibility index (Phi) is 7.91. The highest BCUT2D eigenvalue weighted by Crippen LogP contribution is 2.21. The number of aromatic nitrogens is 2. The third-order valence-corrected chi connectivity index (χ3v) is 4.88. The van der Waals surface area contributed by atoms with E-state index in [9.17, 15) is 5.26 Å². The van der Waals surface area contributed by atoms with Gasteiger partial charge >= 0.3 is 0 Å². The summed E-state index contributed by atoms with van der Waals surface area (Å²) in [5.74, 6) is 1.10. The smallest absolute Gasteiger partial charge is 0.191 e. The van der Waals surface area contributed by atoms with Crippen LogP contribution >= 0.6 is 11.6 Å². The molecule has 8 heteroatoms. The third kappa shape index (κ3) is 6.00. The molecule has 4 N–H and O–H groups in total. The maximum absolute atomic E-state index is 9.53. The van der Waals surface area contributed by atoms with Gasteiger partial charge in [0, 0.05) is 18.1 Å². The van der Waals surface area contributed by atoms with Crippen molar-refractivity contribution in [2.45, 2.75) is 26.3 Å². The molecule has 0 bridgehead atoms. The van der Waals surface area contributed by atoms with E-state index < -0.39 is 0 Å². The van der Waals surface area contributed by atoms with Crippen molar-refractivity contribution >= 4 is 23.4 Å². The average Bonchev–Trinajstić information content (AvgIpc) is 3.10. The van der Waals surface area contributed by atoms with Gasteiger partial charge in [0.05, 0.1) is 17.9 Å². The molecule has 2 aromatic carbocycles. The monoisotopic (exact) mass is 435 g/mol. The van der Waals surface area contributed by atoms with Crippen LogP contribution in [0.5, 0.6) is 0 Å². The Labute approximate surface area is 187 Å². The number of rotatable bonds is 8. The normalized spacial score (nSPS) is 11.2. The number of benzene rings is 2. The van der Waals surface area contributed by atoms with Gasteiger partial charge < -0.3 is 16.4 Å². The Balaban J connectivity index is 1.60. The molecule has 3 aromatic rings. The molecule has 0 fully saturated rings. The summed E-state index contributed by atoms with van der Waals surface area (Å²) in [5.41, 5.74) is 9.19. The number of hydrogen-bond acceptors (Lipinski definition) is 4. The summed E-state index contributed by atoms with van der Waals surface area (Å²) < 4.78 is 1.62. The summed E-state index contributed by atoms with van der Waals surface area (Å²) >= 11 is 6.04. The molecule has 1 heterocycles. The van der Waals surface area contributed by atoms with E-state index in [1.807, 2.05) is 61.5 Å². The van der Waals surface area contributed by atoms with E-state index in [-0.39, 0.29) is 0 Å². The summed E-state index contributed by atoms with van der Waals surface area (Å²) in [6, 6.07) is 19.4. The van der Waals surface area contributed by atoms with Crippen LogP contribution < -0.4 is 16.4 Å². The zero-order chi connectivity index (χ0) is 22.1. The number of anilines is 1. The molecule has 160 valence electrons. The van der Waals surface area contributed by atoms with E-state index in [2.05, 4.69) is 26.8 Å². The highest BCUT2D eigenvalue weighted by atomic mass is 35.5. The van der Waals surface area contributed by atoms with Gasteiger partial charge in [-0.1, -0.05) is 41.9 Å². The van der Waals surface area contributed by atoms with Crippen LogP contribution in [0.15, 0.2) is 59.6 Å². The molecule has 0 radical (unpaired) electrons. The molecule has 0 aliphatic heterocycles. The quantitative estimate of drug-likeness (QED) is 0.284. The van der Waals surface area contributed by atoms with Gasteiger partial charge in [-0.3, -0.25) is 0 Å². The third-order valence-electron chi connectivity index (χ3n) is 4.64. The summed E-state index contributed by atoms with van der Waals surface area (Å²) in [6.07, 6.45) is 1.41. The van der Waals surface area contributed by atoms with Crippen molar-refractivity contribution in [1.29, 1.82) is 5.26 Å². The van der Waals surface area contributed by atoms with E-state index in [1.165, 1.54) is 0 Å². The molecule has 0 atom stereocenters. The fourth-order valence-corrected chi connectivity index (χ4v) is 3.36. The number of nitrogens with one attached hydrogen (secondary N) is 2. The highest BCUT2D eigenvalue weighted by molar-refractivity contribution is 6.30. The number of para-hydroxylation sites is 1. The van der Waals surface area contributed by atoms with Crippen LogP contribution in [0.2, 0.25) is 5.02 Å². The maximum Gasteiger partial charge on any atom is 0.191 e. The predicted octanol–water partition coefficient (Wildman–Crippen LogP) is 3.67. The van der Waals surface area contributed by atoms with Crippen molar-refractivity contribution in [2.75, 3.05) is 18.8 Å². The topological polar surface area (TPSA) is 104 Å². The molecule has 1 aromatic heterocycles. The Morgan fingerprint density at radius 1 is 1.19 bits per heavy atom. The van der Waals surface area contributed by atoms with Crippen molar-refractivity contribution in [3.63, 3.8) is 0 Å². The fraction of sp³-hybridized carbons (Fsp3) is 0.261. The molecule has 0 amide bonds. The minimum atomic E-state index is 0.369. The molecule has 0 aliphatic rings. The Hall–Kier alpha value is -3.50. The molecule has 0 aliphatic carbocycles. The van der Waals surface area contributed by atoms with Gasteiger partial charge in [0.25, 0.3) is 0 Å². The predicted molar refractivity (Wildman–Crippen MR) is 125 cm³/mol. The van der Waals surface area contributed by atoms with Gasteiger partial charge in [-0.05, 0) is 49.6 Å². The second kappa shape index (κ2) is 11.0. The SMILES string of the molecule is CCNC(=NCc1cccc(Cl)c1)NCCCc1nn(-c2ccccc2)c(N)c1C#N. The van der Waals surface area contributed by atoms with Crippen LogP contribution in [0.3, 0.4) is 0 Å². The van der Waals surface area contributed by atoms with Gasteiger partial charge in [-0.25, -0.2) is 9.67 Å². The average molecular weight is 436 g/mol. The second-order valence-corrected chi connectivity index (χ2v) is 7.36. The van der Waals surface area contributed by atoms with Crippen LogP contribution in [-0.2, 0) is 13.0 Å². The summed E-state index contributed by atoms with van der Waals surface area (Å²) in [5, 5.41) is 21.4. The van der Waals surface area contributed by atoms with Crippen LogP contribution in [0.1, 0.15) is 30.2 Å². The molecule has 0 saturated carbocycles. The number of guanidine groups is 1. The van der Waals surface area contributed by atoms with Crippen LogP contribution in [-0.4, -0.2) is 28.8 Å². The van der Waals surface area contributed by atoms with Gasteiger partial charge in [-0.15, -0.1) is 0 Å². The number of nitrogen functional groups attached to an aromatic ring is 1. The molecule has 7 nitrogen and oxygen atoms in total. The Bertz CT molecular complexity index is 1070. The molecule has 3 rings (SSSR count). The van der Waals surface area contributed by atoms with Crippen LogP contribution in [0.25, 0.3) is 5.69 Å². The van der Waals surface area contributed by atoms with Crippen molar-refractivity contribution in [1.82, 2.24) is 20.4 Å². The largest absolute Gasteiger partial charge is 0.382 e. The van der Waals surface area contributed by atoms with Crippen LogP contribution in [0.4, 0.5) is 5.82 Å². The van der Waals surface area contributed by atoms with E-state index in [1.54, 1.807) is 4.68 Å². The second-order valence-electron chi connectivity index (χ2n) is 6.92. The number of nitriles is 1. The fourth-order valence-electron chi connectivity index (χ4n) is 3.15. The minimum absolute atomic E-state index is 0.369. The molecule has 0 saturated heterocycles. The van der Waals surface area contributed by atoms with E-state index in [0.29, 0.717) is 41.6 Å². The summed E-state index contributed by atoms with van der Waals surface area (Å²) in [6.45, 7) is 4.00. The van der Waals surface area contributed by atoms with E-state index in [4.69, 9.17) is 17.3 Å². The van der Waals surface area contributed by atoms with E-state index in [0.717, 1.165) is 30.2 Å². The zero-order valence-electron chi connectivity index (χ0n) is 17.5. The lowest BCUT2D eigenvalue weighted by atomic mass is 10.1. The van der Waals surface area contributed by atoms with Crippen molar-refractivity contribution < 1.29 is 0 Å². The zero-order valence-corrected chi connectivity index (χ0v) is 18.2. The van der Waals surface area contributed by atoms with Gasteiger partial charge in [0.2, 0.25) is 0 Å². The standard InChI is InChI=1S/C23H26ClN7/c1-2-27-23(29-16-17-8-6-9-18(24)14-17)28-13-7-12-21-20(15-25)22(26)31(30-21)19-10-4-3-5-11-19/h3-6,8-11,14H,2,7,12-13,16,26H2,1H3,(H2,27,28,29). The molecule has 0 unspecified atom stereocenters. The lowest BCUT2D eigenvalue weighted by Gasteiger charge is -2.11. The van der Waals surface area contributed by atoms with Crippen molar-refractivity contribution in [3.8, 4) is 11.8 Å². The number of hydrogen-bond donors (Lipinski definition) is 3. The first-order chi connectivity index (χ1) is 15.1. The molecular formula is C23H26ClN7. The van der Waals surface area contributed by atoms with Crippen molar-refractivity contribution in [3.05, 3.63) is 76.4 Å². The lowest BCUT2D eigenvalue weighted by Crippen LogP contribution is -2.37. The van der Waals surface area contributed by atoms with Gasteiger partial charge in [0.15, 0.2) is 5.96 Å². The number of nitrogens with two attached hydrogens (primary N) is 1. The molecular weight excluding hydrogens is 410 g/mol. The van der Waals surface area contributed by atoms with E-state index >= 15 is 0 Å². The first-order valence-corrected chi connectivity index (χ1v) is 10.6. The number of aryl methyl sites for hydroxylation is 1. The van der Waals surface area contributed by atoms with Crippen LogP contribution in [0, 0.1) is 11.3 Å². The minimum Gasteiger partial charge on any atom is -0.382 e. The number of aliphatic imine (C=N–C) groups is 1. The highest BCUT2D eigenvalue weighted by Gasteiger charge is 2.16. The Morgan fingerprint density at radius 3 is 2.71 bits per heavy atom. The summed E-state index contributed by atoms with van der Waals surface area (Å²) in [4.78, 5) is 4.60. The van der Waals surface area contributed by atoms with Gasteiger partial charge in [-0.2, -0.15) is 10.4 Å². The lowest BCUT2D eigenvalue weighted by molar-refractivity contribution is 0.723. The molecule has 0 spiro atoms.